The van der Waals surface area contributed by atoms with E-state index in [1.807, 2.05) is 24.3 Å². The molecular formula is C7H8INOS. The zero-order chi connectivity index (χ0) is 8.10. The van der Waals surface area contributed by atoms with Crippen molar-refractivity contribution in [3.63, 3.8) is 0 Å². The van der Waals surface area contributed by atoms with Gasteiger partial charge in [0.2, 0.25) is 0 Å². The lowest BCUT2D eigenvalue weighted by molar-refractivity contribution is 0.417. The lowest BCUT2D eigenvalue weighted by Crippen LogP contribution is -1.88. The summed E-state index contributed by atoms with van der Waals surface area (Å²) in [6, 6.07) is 7.82. The largest absolute Gasteiger partial charge is 0.495 e. The van der Waals surface area contributed by atoms with Gasteiger partial charge in [0, 0.05) is 30.3 Å². The van der Waals surface area contributed by atoms with Crippen LogP contribution in [0, 0.1) is 0 Å². The van der Waals surface area contributed by atoms with Crippen molar-refractivity contribution in [1.82, 2.24) is 0 Å². The van der Waals surface area contributed by atoms with Crippen molar-refractivity contribution in [3.8, 4) is 5.75 Å². The first-order valence-corrected chi connectivity index (χ1v) is 6.41. The summed E-state index contributed by atoms with van der Waals surface area (Å²) >= 11 is 2.17. The average Bonchev–Trinajstić information content (AvgIpc) is 2.06. The fourth-order valence-electron chi connectivity index (χ4n) is 0.771. The molecule has 0 spiro atoms. The summed E-state index contributed by atoms with van der Waals surface area (Å²) in [5.41, 5.74) is 1.01. The molecule has 1 rings (SSSR count). The van der Waals surface area contributed by atoms with Gasteiger partial charge in [0.15, 0.2) is 0 Å². The highest BCUT2D eigenvalue weighted by molar-refractivity contribution is 14.2. The Morgan fingerprint density at radius 1 is 1.45 bits per heavy atom. The standard InChI is InChI=1S/C7H8INOS/c1-10-7-5-3-2-4-6(7)9-11-8/h2-5,9H,1H3. The Hall–Kier alpha value is -0.100. The molecule has 4 heteroatoms. The van der Waals surface area contributed by atoms with Crippen LogP contribution in [0.1, 0.15) is 0 Å². The van der Waals surface area contributed by atoms with Crippen molar-refractivity contribution in [2.75, 3.05) is 11.8 Å². The summed E-state index contributed by atoms with van der Waals surface area (Å²) in [5.74, 6) is 0.872. The number of hydrogen-bond donors (Lipinski definition) is 1. The van der Waals surface area contributed by atoms with Crippen LogP contribution in [-0.4, -0.2) is 7.11 Å². The molecule has 0 atom stereocenters. The fraction of sp³-hybridized carbons (Fsp3) is 0.143. The number of halogens is 1. The molecule has 1 aromatic carbocycles. The van der Waals surface area contributed by atoms with Crippen LogP contribution in [0.3, 0.4) is 0 Å². The van der Waals surface area contributed by atoms with E-state index in [1.165, 1.54) is 9.12 Å². The van der Waals surface area contributed by atoms with E-state index >= 15 is 0 Å². The van der Waals surface area contributed by atoms with Crippen molar-refractivity contribution >= 4 is 36.0 Å². The Bertz CT molecular complexity index is 231. The topological polar surface area (TPSA) is 21.3 Å². The second-order valence-electron chi connectivity index (χ2n) is 1.88. The molecule has 0 amide bonds. The number of hydrogen-bond acceptors (Lipinski definition) is 3. The Balaban J connectivity index is 2.83. The molecule has 1 aromatic rings. The number of benzene rings is 1. The maximum absolute atomic E-state index is 5.12. The SMILES string of the molecule is COc1ccccc1NSI. The summed E-state index contributed by atoms with van der Waals surface area (Å²) in [6.45, 7) is 0. The van der Waals surface area contributed by atoms with Crippen LogP contribution in [-0.2, 0) is 0 Å². The van der Waals surface area contributed by atoms with Crippen molar-refractivity contribution in [1.29, 1.82) is 0 Å². The van der Waals surface area contributed by atoms with Gasteiger partial charge in [0.05, 0.1) is 12.8 Å². The second-order valence-corrected chi connectivity index (χ2v) is 3.56. The number of methoxy groups -OCH3 is 1. The van der Waals surface area contributed by atoms with E-state index in [2.05, 4.69) is 25.9 Å². The van der Waals surface area contributed by atoms with Gasteiger partial charge in [-0.3, -0.25) is 0 Å². The van der Waals surface area contributed by atoms with Crippen LogP contribution in [0.15, 0.2) is 24.3 Å². The Morgan fingerprint density at radius 3 is 2.82 bits per heavy atom. The summed E-state index contributed by atoms with van der Waals surface area (Å²) in [4.78, 5) is 0. The molecule has 0 aromatic heterocycles. The monoisotopic (exact) mass is 281 g/mol. The third-order valence-corrected chi connectivity index (χ3v) is 2.21. The van der Waals surface area contributed by atoms with E-state index in [-0.39, 0.29) is 0 Å². The van der Waals surface area contributed by atoms with Crippen molar-refractivity contribution in [3.05, 3.63) is 24.3 Å². The maximum Gasteiger partial charge on any atom is 0.142 e. The van der Waals surface area contributed by atoms with Crippen molar-refractivity contribution in [2.24, 2.45) is 0 Å². The van der Waals surface area contributed by atoms with Crippen LogP contribution in [0.4, 0.5) is 5.69 Å². The normalized spacial score (nSPS) is 9.27. The van der Waals surface area contributed by atoms with E-state index < -0.39 is 0 Å². The molecule has 0 unspecified atom stereocenters. The van der Waals surface area contributed by atoms with Gasteiger partial charge >= 0.3 is 0 Å². The van der Waals surface area contributed by atoms with Crippen LogP contribution in [0.25, 0.3) is 0 Å². The van der Waals surface area contributed by atoms with Gasteiger partial charge < -0.3 is 9.46 Å². The summed E-state index contributed by atoms with van der Waals surface area (Å²) in [6.07, 6.45) is 0. The van der Waals surface area contributed by atoms with Crippen molar-refractivity contribution < 1.29 is 4.74 Å². The number of ether oxygens (including phenoxy) is 1. The van der Waals surface area contributed by atoms with E-state index in [9.17, 15) is 0 Å². The van der Waals surface area contributed by atoms with Crippen LogP contribution >= 0.6 is 30.3 Å². The third-order valence-electron chi connectivity index (χ3n) is 1.26. The van der Waals surface area contributed by atoms with Crippen LogP contribution in [0.2, 0.25) is 0 Å². The highest BCUT2D eigenvalue weighted by atomic mass is 127. The second kappa shape index (κ2) is 4.71. The third kappa shape index (κ3) is 2.44. The quantitative estimate of drug-likeness (QED) is 0.679. The summed E-state index contributed by atoms with van der Waals surface area (Å²) in [5, 5.41) is 0. The predicted molar refractivity (Wildman–Crippen MR) is 58.2 cm³/mol. The highest BCUT2D eigenvalue weighted by Gasteiger charge is 1.97. The number of rotatable bonds is 3. The van der Waals surface area contributed by atoms with Gasteiger partial charge in [-0.2, -0.15) is 0 Å². The first-order chi connectivity index (χ1) is 5.38. The van der Waals surface area contributed by atoms with Gasteiger partial charge in [-0.1, -0.05) is 12.1 Å². The average molecular weight is 281 g/mol. The van der Waals surface area contributed by atoms with Gasteiger partial charge in [-0.05, 0) is 12.1 Å². The van der Waals surface area contributed by atoms with E-state index in [0.717, 1.165) is 11.4 Å². The molecule has 0 saturated heterocycles. The highest BCUT2D eigenvalue weighted by Crippen LogP contribution is 2.27. The minimum Gasteiger partial charge on any atom is -0.495 e. The molecule has 2 nitrogen and oxygen atoms in total. The molecule has 1 N–H and O–H groups in total. The molecule has 0 saturated carbocycles. The lowest BCUT2D eigenvalue weighted by Gasteiger charge is -2.06. The summed E-state index contributed by atoms with van der Waals surface area (Å²) < 4.78 is 8.22. The molecule has 11 heavy (non-hydrogen) atoms. The first-order valence-electron chi connectivity index (χ1n) is 3.05. The van der Waals surface area contributed by atoms with Gasteiger partial charge in [-0.25, -0.2) is 0 Å². The minimum absolute atomic E-state index is 0.872. The number of nitrogens with one attached hydrogen (secondary N) is 1. The lowest BCUT2D eigenvalue weighted by atomic mass is 10.3. The van der Waals surface area contributed by atoms with Gasteiger partial charge in [0.1, 0.15) is 5.75 Å². The maximum atomic E-state index is 5.12. The first kappa shape index (κ1) is 8.99. The van der Waals surface area contributed by atoms with E-state index in [4.69, 9.17) is 4.74 Å². The van der Waals surface area contributed by atoms with Crippen LogP contribution in [0.5, 0.6) is 5.75 Å². The molecule has 0 aliphatic carbocycles. The molecule has 60 valence electrons. The van der Waals surface area contributed by atoms with E-state index in [1.54, 1.807) is 7.11 Å². The van der Waals surface area contributed by atoms with Crippen LogP contribution < -0.4 is 9.46 Å². The Morgan fingerprint density at radius 2 is 2.18 bits per heavy atom. The summed E-state index contributed by atoms with van der Waals surface area (Å²) in [7, 11) is 3.19. The Labute approximate surface area is 82.4 Å². The van der Waals surface area contributed by atoms with E-state index in [0.29, 0.717) is 0 Å². The Kier molecular flexibility index (Phi) is 3.85. The fourth-order valence-corrected chi connectivity index (χ4v) is 1.73. The molecule has 0 aliphatic heterocycles. The van der Waals surface area contributed by atoms with Crippen molar-refractivity contribution in [2.45, 2.75) is 0 Å². The van der Waals surface area contributed by atoms with Gasteiger partial charge in [0.25, 0.3) is 0 Å². The smallest absolute Gasteiger partial charge is 0.142 e. The minimum atomic E-state index is 0.872. The molecular weight excluding hydrogens is 273 g/mol. The number of para-hydroxylation sites is 2. The molecule has 0 fully saturated rings. The molecule has 0 radical (unpaired) electrons. The molecule has 0 bridgehead atoms. The van der Waals surface area contributed by atoms with Gasteiger partial charge in [-0.15, -0.1) is 0 Å². The molecule has 0 heterocycles. The zero-order valence-corrected chi connectivity index (χ0v) is 8.98. The number of anilines is 1. The predicted octanol–water partition coefficient (Wildman–Crippen LogP) is 3.11. The zero-order valence-electron chi connectivity index (χ0n) is 6.00. The molecule has 0 aliphatic rings.